The first-order valence-corrected chi connectivity index (χ1v) is 4.80. The van der Waals surface area contributed by atoms with Gasteiger partial charge in [0, 0.05) is 18.8 Å². The summed E-state index contributed by atoms with van der Waals surface area (Å²) in [6.07, 6.45) is 5.25. The van der Waals surface area contributed by atoms with E-state index in [1.807, 2.05) is 17.8 Å². The molecule has 0 unspecified atom stereocenters. The van der Waals surface area contributed by atoms with Crippen molar-refractivity contribution in [2.24, 2.45) is 0 Å². The summed E-state index contributed by atoms with van der Waals surface area (Å²) in [6, 6.07) is 1.51. The monoisotopic (exact) mass is 204 g/mol. The summed E-state index contributed by atoms with van der Waals surface area (Å²) < 4.78 is 3.46. The molecule has 5 heteroatoms. The fraction of sp³-hybridized carbons (Fsp3) is 0.300. The molecule has 15 heavy (non-hydrogen) atoms. The molecule has 0 aromatic carbocycles. The van der Waals surface area contributed by atoms with Crippen LogP contribution >= 0.6 is 0 Å². The van der Waals surface area contributed by atoms with E-state index in [2.05, 4.69) is 10.2 Å². The van der Waals surface area contributed by atoms with Gasteiger partial charge in [-0.05, 0) is 13.8 Å². The smallest absolute Gasteiger partial charge is 0.203 e. The molecule has 2 rings (SSSR count). The first-order chi connectivity index (χ1) is 7.20. The molecule has 2 heterocycles. The van der Waals surface area contributed by atoms with Crippen molar-refractivity contribution in [3.8, 4) is 5.69 Å². The van der Waals surface area contributed by atoms with Gasteiger partial charge >= 0.3 is 0 Å². The molecule has 0 N–H and O–H groups in total. The molecule has 0 aliphatic rings. The first-order valence-electron chi connectivity index (χ1n) is 4.80. The Balaban J connectivity index is 2.45. The molecule has 0 saturated carbocycles. The Labute approximate surface area is 87.0 Å². The topological polar surface area (TPSA) is 52.7 Å². The van der Waals surface area contributed by atoms with E-state index in [1.165, 1.54) is 6.07 Å². The zero-order chi connectivity index (χ0) is 10.8. The highest BCUT2D eigenvalue weighted by Gasteiger charge is 2.01. The third kappa shape index (κ3) is 1.81. The molecule has 0 bridgehead atoms. The fourth-order valence-corrected chi connectivity index (χ4v) is 1.29. The Bertz CT molecular complexity index is 526. The predicted molar refractivity (Wildman–Crippen MR) is 56.0 cm³/mol. The maximum absolute atomic E-state index is 11.2. The molecular weight excluding hydrogens is 192 g/mol. The van der Waals surface area contributed by atoms with Gasteiger partial charge in [0.1, 0.15) is 11.4 Å². The summed E-state index contributed by atoms with van der Waals surface area (Å²) in [5.41, 5.74) is 1.30. The van der Waals surface area contributed by atoms with Crippen molar-refractivity contribution >= 4 is 0 Å². The van der Waals surface area contributed by atoms with Crippen molar-refractivity contribution in [1.29, 1.82) is 0 Å². The van der Waals surface area contributed by atoms with Crippen LogP contribution in [0, 0.1) is 6.92 Å². The van der Waals surface area contributed by atoms with Gasteiger partial charge < -0.3 is 0 Å². The van der Waals surface area contributed by atoms with Crippen molar-refractivity contribution in [2.75, 3.05) is 0 Å². The number of hydrogen-bond acceptors (Lipinski definition) is 3. The van der Waals surface area contributed by atoms with Crippen molar-refractivity contribution in [3.05, 3.63) is 40.6 Å². The lowest BCUT2D eigenvalue weighted by molar-refractivity contribution is 0.658. The van der Waals surface area contributed by atoms with Gasteiger partial charge in [0.05, 0.1) is 12.4 Å². The molecule has 2 aromatic rings. The number of hydrogen-bond donors (Lipinski definition) is 0. The first kappa shape index (κ1) is 9.64. The highest BCUT2D eigenvalue weighted by atomic mass is 16.1. The Morgan fingerprint density at radius 2 is 2.27 bits per heavy atom. The maximum atomic E-state index is 11.2. The van der Waals surface area contributed by atoms with E-state index in [0.29, 0.717) is 5.69 Å². The summed E-state index contributed by atoms with van der Waals surface area (Å²) in [7, 11) is 0. The van der Waals surface area contributed by atoms with Crippen LogP contribution < -0.4 is 5.43 Å². The quantitative estimate of drug-likeness (QED) is 0.725. The predicted octanol–water partition coefficient (Wildman–Crippen LogP) is 0.757. The van der Waals surface area contributed by atoms with Crippen LogP contribution in [0.15, 0.2) is 29.5 Å². The van der Waals surface area contributed by atoms with Gasteiger partial charge in [-0.25, -0.2) is 4.68 Å². The maximum Gasteiger partial charge on any atom is 0.203 e. The Morgan fingerprint density at radius 3 is 2.87 bits per heavy atom. The largest absolute Gasteiger partial charge is 0.288 e. The third-order valence-corrected chi connectivity index (χ3v) is 2.19. The average Bonchev–Trinajstić information content (AvgIpc) is 2.70. The van der Waals surface area contributed by atoms with E-state index in [-0.39, 0.29) is 5.43 Å². The normalized spacial score (nSPS) is 10.5. The molecule has 0 atom stereocenters. The molecular formula is C10H12N4O. The van der Waals surface area contributed by atoms with Gasteiger partial charge in [0.25, 0.3) is 0 Å². The summed E-state index contributed by atoms with van der Waals surface area (Å²) in [4.78, 5) is 11.2. The Morgan fingerprint density at radius 1 is 1.47 bits per heavy atom. The van der Waals surface area contributed by atoms with Crippen LogP contribution in [0.1, 0.15) is 12.6 Å². The second kappa shape index (κ2) is 3.68. The van der Waals surface area contributed by atoms with Crippen LogP contribution in [0.25, 0.3) is 5.69 Å². The van der Waals surface area contributed by atoms with Crippen LogP contribution in [0.3, 0.4) is 0 Å². The van der Waals surface area contributed by atoms with Crippen LogP contribution in [0.4, 0.5) is 0 Å². The standard InChI is InChI=1S/C10H12N4O/c1-3-13-7-9(6-11-13)14-5-4-10(15)8(2)12-14/h4-7H,3H2,1-2H3. The second-order valence-corrected chi connectivity index (χ2v) is 3.26. The van der Waals surface area contributed by atoms with Crippen LogP contribution in [-0.2, 0) is 6.54 Å². The SMILES string of the molecule is CCn1cc(-n2ccc(=O)c(C)n2)cn1. The van der Waals surface area contributed by atoms with Crippen molar-refractivity contribution in [2.45, 2.75) is 20.4 Å². The molecule has 5 nitrogen and oxygen atoms in total. The molecule has 0 saturated heterocycles. The average molecular weight is 204 g/mol. The molecule has 0 fully saturated rings. The van der Waals surface area contributed by atoms with Crippen molar-refractivity contribution in [3.63, 3.8) is 0 Å². The van der Waals surface area contributed by atoms with Crippen LogP contribution in [-0.4, -0.2) is 19.6 Å². The number of aromatic nitrogens is 4. The second-order valence-electron chi connectivity index (χ2n) is 3.26. The van der Waals surface area contributed by atoms with Crippen molar-refractivity contribution in [1.82, 2.24) is 19.6 Å². The van der Waals surface area contributed by atoms with E-state index in [4.69, 9.17) is 0 Å². The number of aryl methyl sites for hydroxylation is 2. The minimum atomic E-state index is -0.0471. The molecule has 0 aliphatic carbocycles. The van der Waals surface area contributed by atoms with E-state index < -0.39 is 0 Å². The van der Waals surface area contributed by atoms with Crippen LogP contribution in [0.2, 0.25) is 0 Å². The summed E-state index contributed by atoms with van der Waals surface area (Å²) in [6.45, 7) is 4.53. The van der Waals surface area contributed by atoms with Crippen LogP contribution in [0.5, 0.6) is 0 Å². The Hall–Kier alpha value is -1.91. The lowest BCUT2D eigenvalue weighted by Gasteiger charge is -2.01. The number of rotatable bonds is 2. The molecule has 2 aromatic heterocycles. The molecule has 0 aliphatic heterocycles. The minimum Gasteiger partial charge on any atom is -0.288 e. The molecule has 78 valence electrons. The van der Waals surface area contributed by atoms with E-state index in [0.717, 1.165) is 12.2 Å². The third-order valence-electron chi connectivity index (χ3n) is 2.19. The molecule has 0 radical (unpaired) electrons. The number of nitrogens with zero attached hydrogens (tertiary/aromatic N) is 4. The fourth-order valence-electron chi connectivity index (χ4n) is 1.29. The zero-order valence-corrected chi connectivity index (χ0v) is 8.71. The van der Waals surface area contributed by atoms with Gasteiger partial charge in [-0.15, -0.1) is 0 Å². The van der Waals surface area contributed by atoms with E-state index in [9.17, 15) is 4.79 Å². The van der Waals surface area contributed by atoms with E-state index in [1.54, 1.807) is 24.0 Å². The highest BCUT2D eigenvalue weighted by molar-refractivity contribution is 5.23. The summed E-state index contributed by atoms with van der Waals surface area (Å²) in [5, 5.41) is 8.28. The van der Waals surface area contributed by atoms with Gasteiger partial charge in [-0.2, -0.15) is 10.2 Å². The minimum absolute atomic E-state index is 0.0471. The van der Waals surface area contributed by atoms with E-state index >= 15 is 0 Å². The highest BCUT2D eigenvalue weighted by Crippen LogP contribution is 2.02. The van der Waals surface area contributed by atoms with Crippen molar-refractivity contribution < 1.29 is 0 Å². The zero-order valence-electron chi connectivity index (χ0n) is 8.71. The van der Waals surface area contributed by atoms with Gasteiger partial charge in [0.15, 0.2) is 0 Å². The van der Waals surface area contributed by atoms with Gasteiger partial charge in [-0.1, -0.05) is 0 Å². The molecule has 0 amide bonds. The Kier molecular flexibility index (Phi) is 2.37. The molecule has 0 spiro atoms. The lowest BCUT2D eigenvalue weighted by Crippen LogP contribution is -2.12. The van der Waals surface area contributed by atoms with Gasteiger partial charge in [-0.3, -0.25) is 9.48 Å². The summed E-state index contributed by atoms with van der Waals surface area (Å²) in [5.74, 6) is 0. The summed E-state index contributed by atoms with van der Waals surface area (Å²) >= 11 is 0. The lowest BCUT2D eigenvalue weighted by atomic mass is 10.4. The van der Waals surface area contributed by atoms with Gasteiger partial charge in [0.2, 0.25) is 5.43 Å².